The molecule has 1 rings (SSSR count). The third-order valence-electron chi connectivity index (χ3n) is 1.82. The van der Waals surface area contributed by atoms with E-state index < -0.39 is 12.0 Å². The molecule has 0 aromatic rings. The van der Waals surface area contributed by atoms with Gasteiger partial charge in [0, 0.05) is 0 Å². The Hall–Kier alpha value is -0.440. The Bertz CT molecular complexity index is 145. The van der Waals surface area contributed by atoms with Crippen molar-refractivity contribution in [3.8, 4) is 0 Å². The van der Waals surface area contributed by atoms with E-state index in [2.05, 4.69) is 0 Å². The lowest BCUT2D eigenvalue weighted by molar-refractivity contribution is 0.251. The van der Waals surface area contributed by atoms with E-state index in [1.165, 1.54) is 6.08 Å². The Balaban J connectivity index is 2.51. The summed E-state index contributed by atoms with van der Waals surface area (Å²) in [5.41, 5.74) is 5.29. The normalized spacial score (nSPS) is 33.7. The molecule has 0 radical (unpaired) electrons. The second kappa shape index (κ2) is 3.10. The minimum Gasteiger partial charge on any atom is -0.330 e. The molecule has 0 spiro atoms. The van der Waals surface area contributed by atoms with Crippen LogP contribution in [0, 0.1) is 5.92 Å². The van der Waals surface area contributed by atoms with Gasteiger partial charge in [0.1, 0.15) is 5.83 Å². The minimum atomic E-state index is -1.40. The topological polar surface area (TPSA) is 26.0 Å². The molecule has 1 aliphatic rings. The maximum Gasteiger partial charge on any atom is 0.151 e. The number of hydrogen-bond acceptors (Lipinski definition) is 1. The molecule has 0 saturated heterocycles. The van der Waals surface area contributed by atoms with Crippen LogP contribution in [0.4, 0.5) is 8.78 Å². The summed E-state index contributed by atoms with van der Waals surface area (Å²) >= 11 is 0. The van der Waals surface area contributed by atoms with Gasteiger partial charge >= 0.3 is 0 Å². The van der Waals surface area contributed by atoms with Gasteiger partial charge in [-0.15, -0.1) is 0 Å². The fourth-order valence-electron chi connectivity index (χ4n) is 1.10. The molecular weight excluding hydrogens is 136 g/mol. The molecule has 0 bridgehead atoms. The molecule has 0 aliphatic heterocycles. The predicted molar refractivity (Wildman–Crippen MR) is 35.9 cm³/mol. The summed E-state index contributed by atoms with van der Waals surface area (Å²) in [6, 6.07) is 0. The van der Waals surface area contributed by atoms with Gasteiger partial charge in [-0.3, -0.25) is 0 Å². The van der Waals surface area contributed by atoms with Crippen LogP contribution in [0.25, 0.3) is 0 Å². The van der Waals surface area contributed by atoms with Crippen LogP contribution in [0.1, 0.15) is 12.8 Å². The molecule has 1 nitrogen and oxygen atoms in total. The Kier molecular flexibility index (Phi) is 2.38. The van der Waals surface area contributed by atoms with Gasteiger partial charge in [-0.25, -0.2) is 8.78 Å². The third-order valence-corrected chi connectivity index (χ3v) is 1.82. The first kappa shape index (κ1) is 7.66. The average molecular weight is 147 g/mol. The van der Waals surface area contributed by atoms with Crippen molar-refractivity contribution in [2.45, 2.75) is 19.0 Å². The van der Waals surface area contributed by atoms with Crippen LogP contribution >= 0.6 is 0 Å². The quantitative estimate of drug-likeness (QED) is 0.598. The van der Waals surface area contributed by atoms with Gasteiger partial charge in [0.25, 0.3) is 0 Å². The smallest absolute Gasteiger partial charge is 0.151 e. The van der Waals surface area contributed by atoms with Crippen molar-refractivity contribution in [2.24, 2.45) is 11.7 Å². The van der Waals surface area contributed by atoms with Crippen LogP contribution in [0.15, 0.2) is 11.9 Å². The lowest BCUT2D eigenvalue weighted by Crippen LogP contribution is -2.22. The van der Waals surface area contributed by atoms with Gasteiger partial charge in [-0.2, -0.15) is 0 Å². The summed E-state index contributed by atoms with van der Waals surface area (Å²) in [6.45, 7) is 0.449. The highest BCUT2D eigenvalue weighted by Crippen LogP contribution is 2.25. The van der Waals surface area contributed by atoms with E-state index in [4.69, 9.17) is 5.73 Å². The van der Waals surface area contributed by atoms with E-state index in [0.29, 0.717) is 13.0 Å². The molecule has 0 fully saturated rings. The molecule has 0 amide bonds. The molecule has 0 aromatic heterocycles. The molecule has 3 heteroatoms. The van der Waals surface area contributed by atoms with Crippen molar-refractivity contribution in [1.82, 2.24) is 0 Å². The van der Waals surface area contributed by atoms with Gasteiger partial charge in [-0.1, -0.05) is 0 Å². The lowest BCUT2D eigenvalue weighted by atomic mass is 9.93. The molecule has 10 heavy (non-hydrogen) atoms. The zero-order valence-corrected chi connectivity index (χ0v) is 5.69. The van der Waals surface area contributed by atoms with E-state index in [9.17, 15) is 8.78 Å². The van der Waals surface area contributed by atoms with Crippen molar-refractivity contribution >= 4 is 0 Å². The van der Waals surface area contributed by atoms with E-state index >= 15 is 0 Å². The second-order valence-electron chi connectivity index (χ2n) is 2.63. The summed E-state index contributed by atoms with van der Waals surface area (Å²) in [7, 11) is 0. The summed E-state index contributed by atoms with van der Waals surface area (Å²) in [5.74, 6) is -0.487. The number of halogens is 2. The van der Waals surface area contributed by atoms with Crippen LogP contribution in [-0.4, -0.2) is 12.7 Å². The zero-order valence-electron chi connectivity index (χ0n) is 5.69. The molecular formula is C7H11F2N. The van der Waals surface area contributed by atoms with Crippen molar-refractivity contribution in [1.29, 1.82) is 0 Å². The highest BCUT2D eigenvalue weighted by Gasteiger charge is 2.22. The summed E-state index contributed by atoms with van der Waals surface area (Å²) < 4.78 is 24.8. The van der Waals surface area contributed by atoms with Crippen LogP contribution in [0.2, 0.25) is 0 Å². The molecule has 2 atom stereocenters. The first-order valence-electron chi connectivity index (χ1n) is 3.43. The molecule has 2 N–H and O–H groups in total. The third kappa shape index (κ3) is 1.53. The Morgan fingerprint density at radius 3 is 2.90 bits per heavy atom. The SMILES string of the molecule is NCC1CC=C(F)C(F)C1. The monoisotopic (exact) mass is 147 g/mol. The maximum atomic E-state index is 12.5. The first-order chi connectivity index (χ1) is 4.74. The zero-order chi connectivity index (χ0) is 7.56. The van der Waals surface area contributed by atoms with Crippen LogP contribution in [0.5, 0.6) is 0 Å². The lowest BCUT2D eigenvalue weighted by Gasteiger charge is -2.19. The second-order valence-corrected chi connectivity index (χ2v) is 2.63. The van der Waals surface area contributed by atoms with Crippen molar-refractivity contribution in [3.05, 3.63) is 11.9 Å². The minimum absolute atomic E-state index is 0.134. The Labute approximate surface area is 58.9 Å². The molecule has 0 aromatic carbocycles. The van der Waals surface area contributed by atoms with Crippen molar-refractivity contribution in [2.75, 3.05) is 6.54 Å². The molecule has 0 heterocycles. The average Bonchev–Trinajstić information content (AvgIpc) is 1.95. The Morgan fingerprint density at radius 2 is 2.40 bits per heavy atom. The van der Waals surface area contributed by atoms with E-state index in [1.54, 1.807) is 0 Å². The fourth-order valence-corrected chi connectivity index (χ4v) is 1.10. The largest absolute Gasteiger partial charge is 0.330 e. The van der Waals surface area contributed by atoms with E-state index in [-0.39, 0.29) is 12.3 Å². The van der Waals surface area contributed by atoms with Gasteiger partial charge in [0.15, 0.2) is 6.17 Å². The molecule has 2 unspecified atom stereocenters. The molecule has 1 aliphatic carbocycles. The Morgan fingerprint density at radius 1 is 1.70 bits per heavy atom. The summed E-state index contributed by atoms with van der Waals surface area (Å²) in [6.07, 6.45) is 0.732. The number of alkyl halides is 1. The molecule has 0 saturated carbocycles. The number of hydrogen-bond donors (Lipinski definition) is 1. The van der Waals surface area contributed by atoms with Gasteiger partial charge < -0.3 is 5.73 Å². The number of allylic oxidation sites excluding steroid dienone is 2. The summed E-state index contributed by atoms with van der Waals surface area (Å²) in [5, 5.41) is 0. The van der Waals surface area contributed by atoms with Crippen molar-refractivity contribution in [3.63, 3.8) is 0 Å². The standard InChI is InChI=1S/C7H11F2N/c8-6-2-1-5(4-10)3-7(6)9/h2,5,7H,1,3-4,10H2. The van der Waals surface area contributed by atoms with Gasteiger partial charge in [-0.05, 0) is 31.4 Å². The van der Waals surface area contributed by atoms with E-state index in [0.717, 1.165) is 0 Å². The van der Waals surface area contributed by atoms with E-state index in [1.807, 2.05) is 0 Å². The van der Waals surface area contributed by atoms with Crippen LogP contribution in [0.3, 0.4) is 0 Å². The number of rotatable bonds is 1. The highest BCUT2D eigenvalue weighted by atomic mass is 19.2. The first-order valence-corrected chi connectivity index (χ1v) is 3.43. The van der Waals surface area contributed by atoms with Crippen LogP contribution < -0.4 is 5.73 Å². The van der Waals surface area contributed by atoms with Crippen LogP contribution in [-0.2, 0) is 0 Å². The summed E-state index contributed by atoms with van der Waals surface area (Å²) in [4.78, 5) is 0. The predicted octanol–water partition coefficient (Wildman–Crippen LogP) is 1.55. The van der Waals surface area contributed by atoms with Gasteiger partial charge in [0.2, 0.25) is 0 Å². The highest BCUT2D eigenvalue weighted by molar-refractivity contribution is 5.04. The van der Waals surface area contributed by atoms with Crippen molar-refractivity contribution < 1.29 is 8.78 Å². The number of nitrogens with two attached hydrogens (primary N) is 1. The van der Waals surface area contributed by atoms with Gasteiger partial charge in [0.05, 0.1) is 0 Å². The maximum absolute atomic E-state index is 12.5. The molecule has 58 valence electrons. The fraction of sp³-hybridized carbons (Fsp3) is 0.714.